The summed E-state index contributed by atoms with van der Waals surface area (Å²) in [5.41, 5.74) is 0. The maximum atomic E-state index is 13.5. The molecule has 0 radical (unpaired) electrons. The van der Waals surface area contributed by atoms with E-state index in [9.17, 15) is 24.5 Å². The summed E-state index contributed by atoms with van der Waals surface area (Å²) < 4.78 is 18.8. The maximum Gasteiger partial charge on any atom is 0.303 e. The summed E-state index contributed by atoms with van der Waals surface area (Å²) in [4.78, 5) is 10.5. The predicted octanol–water partition coefficient (Wildman–Crippen LogP) is 2.68. The van der Waals surface area contributed by atoms with E-state index in [2.05, 4.69) is 0 Å². The molecule has 0 aliphatic heterocycles. The number of hydrogen-bond donors (Lipinski definition) is 4. The number of aliphatic carboxylic acids is 1. The molecule has 0 aromatic heterocycles. The van der Waals surface area contributed by atoms with E-state index in [1.165, 1.54) is 18.2 Å². The van der Waals surface area contributed by atoms with Crippen molar-refractivity contribution in [2.24, 2.45) is 11.8 Å². The number of carbonyl (C=O) groups is 1. The van der Waals surface area contributed by atoms with Crippen molar-refractivity contribution in [2.75, 3.05) is 6.61 Å². The molecular weight excluding hydrogens is 379 g/mol. The number of hydrogen-bond acceptors (Lipinski definition) is 5. The van der Waals surface area contributed by atoms with Gasteiger partial charge in [0, 0.05) is 18.8 Å². The zero-order valence-corrected chi connectivity index (χ0v) is 16.2. The van der Waals surface area contributed by atoms with Crippen LogP contribution < -0.4 is 4.74 Å². The lowest BCUT2D eigenvalue weighted by molar-refractivity contribution is -0.137. The number of carboxylic acids is 1. The number of unbranched alkanes of at least 4 members (excludes halogenated alkanes) is 1. The molecule has 0 saturated heterocycles. The topological polar surface area (TPSA) is 107 Å². The van der Waals surface area contributed by atoms with Crippen LogP contribution in [0, 0.1) is 17.7 Å². The monoisotopic (exact) mass is 408 g/mol. The molecule has 5 atom stereocenters. The van der Waals surface area contributed by atoms with Crippen molar-refractivity contribution in [2.45, 2.75) is 50.4 Å². The van der Waals surface area contributed by atoms with Gasteiger partial charge < -0.3 is 25.2 Å². The van der Waals surface area contributed by atoms with Crippen molar-refractivity contribution in [1.29, 1.82) is 0 Å². The Kier molecular flexibility index (Phi) is 9.31. The molecule has 160 valence electrons. The van der Waals surface area contributed by atoms with Crippen LogP contribution in [0.25, 0.3) is 0 Å². The lowest BCUT2D eigenvalue weighted by Gasteiger charge is -2.19. The van der Waals surface area contributed by atoms with E-state index in [0.717, 1.165) is 0 Å². The van der Waals surface area contributed by atoms with Crippen molar-refractivity contribution in [3.8, 4) is 5.75 Å². The molecule has 0 spiro atoms. The van der Waals surface area contributed by atoms with Gasteiger partial charge >= 0.3 is 5.97 Å². The first kappa shape index (κ1) is 23.1. The predicted molar refractivity (Wildman–Crippen MR) is 106 cm³/mol. The van der Waals surface area contributed by atoms with Gasteiger partial charge in [-0.3, -0.25) is 4.79 Å². The van der Waals surface area contributed by atoms with Gasteiger partial charge in [-0.15, -0.1) is 0 Å². The van der Waals surface area contributed by atoms with Crippen molar-refractivity contribution >= 4 is 5.97 Å². The molecule has 1 aromatic carbocycles. The molecule has 0 unspecified atom stereocenters. The van der Waals surface area contributed by atoms with E-state index < -0.39 is 30.1 Å². The van der Waals surface area contributed by atoms with Crippen LogP contribution in [0.3, 0.4) is 0 Å². The Morgan fingerprint density at radius 1 is 1.24 bits per heavy atom. The average Bonchev–Trinajstić information content (AvgIpc) is 2.94. The number of halogens is 1. The van der Waals surface area contributed by atoms with Crippen LogP contribution in [0.1, 0.15) is 32.1 Å². The highest BCUT2D eigenvalue weighted by atomic mass is 19.1. The molecule has 6 nitrogen and oxygen atoms in total. The Morgan fingerprint density at radius 2 is 2.00 bits per heavy atom. The molecule has 0 heterocycles. The smallest absolute Gasteiger partial charge is 0.303 e. The lowest BCUT2D eigenvalue weighted by Crippen LogP contribution is -2.21. The van der Waals surface area contributed by atoms with Gasteiger partial charge in [-0.1, -0.05) is 36.4 Å². The molecule has 1 fully saturated rings. The van der Waals surface area contributed by atoms with Gasteiger partial charge in [0.1, 0.15) is 12.7 Å². The zero-order chi connectivity index (χ0) is 21.2. The summed E-state index contributed by atoms with van der Waals surface area (Å²) in [7, 11) is 0. The van der Waals surface area contributed by atoms with E-state index in [1.54, 1.807) is 18.2 Å². The van der Waals surface area contributed by atoms with E-state index in [-0.39, 0.29) is 37.0 Å². The second-order valence-corrected chi connectivity index (χ2v) is 7.30. The highest BCUT2D eigenvalue weighted by molar-refractivity contribution is 5.66. The maximum absolute atomic E-state index is 13.5. The second kappa shape index (κ2) is 11.7. The van der Waals surface area contributed by atoms with Gasteiger partial charge in [0.25, 0.3) is 0 Å². The number of allylic oxidation sites excluding steroid dienone is 2. The summed E-state index contributed by atoms with van der Waals surface area (Å²) in [6.07, 6.45) is 6.72. The molecular formula is C22H29FO6. The molecule has 29 heavy (non-hydrogen) atoms. The van der Waals surface area contributed by atoms with Crippen LogP contribution in [0.5, 0.6) is 5.75 Å². The summed E-state index contributed by atoms with van der Waals surface area (Å²) in [6, 6.07) is 5.93. The molecule has 7 heteroatoms. The van der Waals surface area contributed by atoms with Crippen LogP contribution >= 0.6 is 0 Å². The average molecular weight is 408 g/mol. The molecule has 2 rings (SSSR count). The van der Waals surface area contributed by atoms with Crippen LogP contribution in [0.15, 0.2) is 48.6 Å². The van der Waals surface area contributed by atoms with Crippen molar-refractivity contribution < 1.29 is 34.3 Å². The van der Waals surface area contributed by atoms with E-state index in [4.69, 9.17) is 9.84 Å². The number of benzene rings is 1. The number of para-hydroxylation sites is 1. The molecule has 4 N–H and O–H groups in total. The summed E-state index contributed by atoms with van der Waals surface area (Å²) in [5, 5.41) is 39.1. The van der Waals surface area contributed by atoms with Gasteiger partial charge in [0.05, 0.1) is 12.2 Å². The first-order valence-electron chi connectivity index (χ1n) is 9.85. The Hall–Kier alpha value is -2.22. The van der Waals surface area contributed by atoms with E-state index >= 15 is 0 Å². The van der Waals surface area contributed by atoms with E-state index in [1.807, 2.05) is 12.2 Å². The van der Waals surface area contributed by atoms with Crippen molar-refractivity contribution in [3.63, 3.8) is 0 Å². The van der Waals surface area contributed by atoms with E-state index in [0.29, 0.717) is 19.3 Å². The van der Waals surface area contributed by atoms with Crippen LogP contribution in [-0.4, -0.2) is 51.3 Å². The van der Waals surface area contributed by atoms with Gasteiger partial charge in [0.2, 0.25) is 0 Å². The largest absolute Gasteiger partial charge is 0.487 e. The molecule has 1 aliphatic rings. The fourth-order valence-electron chi connectivity index (χ4n) is 3.50. The van der Waals surface area contributed by atoms with Gasteiger partial charge in [-0.05, 0) is 37.3 Å². The first-order valence-corrected chi connectivity index (χ1v) is 9.85. The number of ether oxygens (including phenoxy) is 1. The van der Waals surface area contributed by atoms with Gasteiger partial charge in [-0.2, -0.15) is 0 Å². The van der Waals surface area contributed by atoms with Crippen LogP contribution in [-0.2, 0) is 4.79 Å². The molecule has 1 saturated carbocycles. The summed E-state index contributed by atoms with van der Waals surface area (Å²) in [6.45, 7) is -0.128. The molecule has 0 bridgehead atoms. The fourth-order valence-corrected chi connectivity index (χ4v) is 3.50. The highest BCUT2D eigenvalue weighted by Crippen LogP contribution is 2.36. The highest BCUT2D eigenvalue weighted by Gasteiger charge is 2.39. The standard InChI is InChI=1S/C22H29FO6/c23-18-8-5-6-9-21(18)29-14-15(24)11-12-17-16(19(25)13-20(17)26)7-3-1-2-4-10-22(27)28/h1,3,5-6,8-9,11-12,15-17,19-20,24-26H,2,4,7,10,13-14H2,(H,27,28)/t15-,16-,17-,19+,20-/m1/s1. The van der Waals surface area contributed by atoms with Crippen molar-refractivity contribution in [3.05, 3.63) is 54.4 Å². The van der Waals surface area contributed by atoms with Gasteiger partial charge in [0.15, 0.2) is 11.6 Å². The number of aliphatic hydroxyl groups is 3. The fraction of sp³-hybridized carbons (Fsp3) is 0.500. The normalized spacial score (nSPS) is 25.7. The minimum atomic E-state index is -0.980. The minimum absolute atomic E-state index is 0.0576. The Balaban J connectivity index is 1.84. The third kappa shape index (κ3) is 7.61. The van der Waals surface area contributed by atoms with Crippen molar-refractivity contribution in [1.82, 2.24) is 0 Å². The molecule has 1 aliphatic carbocycles. The minimum Gasteiger partial charge on any atom is -0.487 e. The Morgan fingerprint density at radius 3 is 2.72 bits per heavy atom. The third-order valence-electron chi connectivity index (χ3n) is 5.05. The Bertz CT molecular complexity index is 704. The first-order chi connectivity index (χ1) is 13.9. The quantitative estimate of drug-likeness (QED) is 0.331. The zero-order valence-electron chi connectivity index (χ0n) is 16.2. The number of aliphatic hydroxyl groups excluding tert-OH is 3. The van der Waals surface area contributed by atoms with Crippen LogP contribution in [0.4, 0.5) is 4.39 Å². The number of rotatable bonds is 11. The lowest BCUT2D eigenvalue weighted by atomic mass is 9.89. The second-order valence-electron chi connectivity index (χ2n) is 7.30. The molecule has 0 amide bonds. The molecule has 1 aromatic rings. The summed E-state index contributed by atoms with van der Waals surface area (Å²) in [5.74, 6) is -1.79. The Labute approximate surface area is 170 Å². The number of carboxylic acid groups (broad SMARTS) is 1. The summed E-state index contributed by atoms with van der Waals surface area (Å²) >= 11 is 0. The van der Waals surface area contributed by atoms with Crippen LogP contribution in [0.2, 0.25) is 0 Å². The third-order valence-corrected chi connectivity index (χ3v) is 5.05. The SMILES string of the molecule is O=C(O)CCCC=CC[C@@H]1[C@@H](C=C[C@@H](O)COc2ccccc2F)[C@H](O)C[C@@H]1O. The van der Waals surface area contributed by atoms with Gasteiger partial charge in [-0.25, -0.2) is 4.39 Å².